The first kappa shape index (κ1) is 16.4. The standard InChI is InChI=1S/C14H17ClFNO3/c1-8(2)9(3)17-13(18)7-20-14(19)11-5-4-10(15)6-12(11)16/h4-6,8-9H,7H2,1-3H3,(H,17,18)/t9-/m1/s1. The van der Waals surface area contributed by atoms with Crippen molar-refractivity contribution in [1.29, 1.82) is 0 Å². The largest absolute Gasteiger partial charge is 0.452 e. The molecule has 0 saturated heterocycles. The van der Waals surface area contributed by atoms with Gasteiger partial charge in [0, 0.05) is 11.1 Å². The third-order valence-corrected chi connectivity index (χ3v) is 3.11. The van der Waals surface area contributed by atoms with Gasteiger partial charge in [-0.05, 0) is 31.0 Å². The molecule has 0 bridgehead atoms. The number of carbonyl (C=O) groups is 2. The van der Waals surface area contributed by atoms with Crippen LogP contribution < -0.4 is 5.32 Å². The summed E-state index contributed by atoms with van der Waals surface area (Å²) in [6.07, 6.45) is 0. The van der Waals surface area contributed by atoms with Gasteiger partial charge in [-0.1, -0.05) is 25.4 Å². The maximum atomic E-state index is 13.5. The number of ether oxygens (including phenoxy) is 1. The van der Waals surface area contributed by atoms with E-state index in [0.29, 0.717) is 0 Å². The van der Waals surface area contributed by atoms with Crippen molar-refractivity contribution >= 4 is 23.5 Å². The van der Waals surface area contributed by atoms with Gasteiger partial charge in [0.05, 0.1) is 5.56 Å². The number of nitrogens with one attached hydrogen (secondary N) is 1. The van der Waals surface area contributed by atoms with Gasteiger partial charge in [0.15, 0.2) is 6.61 Å². The molecule has 0 saturated carbocycles. The highest BCUT2D eigenvalue weighted by Crippen LogP contribution is 2.15. The molecule has 0 aliphatic rings. The molecule has 0 aliphatic carbocycles. The molecule has 0 spiro atoms. The third kappa shape index (κ3) is 4.81. The second kappa shape index (κ2) is 7.24. The van der Waals surface area contributed by atoms with Crippen molar-refractivity contribution in [2.75, 3.05) is 6.61 Å². The van der Waals surface area contributed by atoms with E-state index < -0.39 is 24.3 Å². The molecule has 1 atom stereocenters. The van der Waals surface area contributed by atoms with Crippen LogP contribution >= 0.6 is 11.6 Å². The van der Waals surface area contributed by atoms with Crippen molar-refractivity contribution < 1.29 is 18.7 Å². The van der Waals surface area contributed by atoms with Crippen LogP contribution in [0.15, 0.2) is 18.2 Å². The number of amides is 1. The number of halogens is 2. The SMILES string of the molecule is CC(C)[C@@H](C)NC(=O)COC(=O)c1ccc(Cl)cc1F. The highest BCUT2D eigenvalue weighted by atomic mass is 35.5. The predicted octanol–water partition coefficient (Wildman–Crippen LogP) is 2.80. The van der Waals surface area contributed by atoms with E-state index in [1.807, 2.05) is 20.8 Å². The van der Waals surface area contributed by atoms with E-state index in [4.69, 9.17) is 16.3 Å². The van der Waals surface area contributed by atoms with Crippen LogP contribution in [0, 0.1) is 11.7 Å². The van der Waals surface area contributed by atoms with Crippen LogP contribution in [0.5, 0.6) is 0 Å². The van der Waals surface area contributed by atoms with Gasteiger partial charge in [0.1, 0.15) is 5.82 Å². The second-order valence-electron chi connectivity index (χ2n) is 4.80. The summed E-state index contributed by atoms with van der Waals surface area (Å²) in [5, 5.41) is 2.86. The van der Waals surface area contributed by atoms with E-state index >= 15 is 0 Å². The molecule has 1 rings (SSSR count). The lowest BCUT2D eigenvalue weighted by Gasteiger charge is -2.17. The molecular weight excluding hydrogens is 285 g/mol. The minimum absolute atomic E-state index is 0.0338. The lowest BCUT2D eigenvalue weighted by atomic mass is 10.1. The van der Waals surface area contributed by atoms with Gasteiger partial charge < -0.3 is 10.1 Å². The topological polar surface area (TPSA) is 55.4 Å². The van der Waals surface area contributed by atoms with Crippen LogP contribution in [0.25, 0.3) is 0 Å². The first-order chi connectivity index (χ1) is 9.31. The molecule has 4 nitrogen and oxygen atoms in total. The molecular formula is C14H17ClFNO3. The Bertz CT molecular complexity index is 505. The molecule has 0 radical (unpaired) electrons. The van der Waals surface area contributed by atoms with Crippen LogP contribution in [-0.2, 0) is 9.53 Å². The molecule has 6 heteroatoms. The van der Waals surface area contributed by atoms with Crippen LogP contribution in [0.3, 0.4) is 0 Å². The Kier molecular flexibility index (Phi) is 5.95. The van der Waals surface area contributed by atoms with E-state index in [1.54, 1.807) is 0 Å². The molecule has 1 amide bonds. The Morgan fingerprint density at radius 2 is 2.00 bits per heavy atom. The summed E-state index contributed by atoms with van der Waals surface area (Å²) in [5.41, 5.74) is -0.251. The molecule has 1 aromatic carbocycles. The smallest absolute Gasteiger partial charge is 0.341 e. The van der Waals surface area contributed by atoms with Gasteiger partial charge in [-0.3, -0.25) is 4.79 Å². The molecule has 0 aromatic heterocycles. The monoisotopic (exact) mass is 301 g/mol. The maximum Gasteiger partial charge on any atom is 0.341 e. The van der Waals surface area contributed by atoms with Crippen LogP contribution in [0.1, 0.15) is 31.1 Å². The minimum atomic E-state index is -0.897. The van der Waals surface area contributed by atoms with Crippen molar-refractivity contribution in [2.24, 2.45) is 5.92 Å². The lowest BCUT2D eigenvalue weighted by molar-refractivity contribution is -0.125. The molecule has 0 unspecified atom stereocenters. The fourth-order valence-corrected chi connectivity index (χ4v) is 1.48. The second-order valence-corrected chi connectivity index (χ2v) is 5.24. The Hall–Kier alpha value is -1.62. The van der Waals surface area contributed by atoms with Crippen LogP contribution in [0.2, 0.25) is 5.02 Å². The van der Waals surface area contributed by atoms with Crippen LogP contribution in [0.4, 0.5) is 4.39 Å². The summed E-state index contributed by atoms with van der Waals surface area (Å²) >= 11 is 5.58. The average Bonchev–Trinajstić information content (AvgIpc) is 2.35. The maximum absolute atomic E-state index is 13.5. The molecule has 1 N–H and O–H groups in total. The number of hydrogen-bond acceptors (Lipinski definition) is 3. The fraction of sp³-hybridized carbons (Fsp3) is 0.429. The normalized spacial score (nSPS) is 12.1. The van der Waals surface area contributed by atoms with E-state index in [-0.39, 0.29) is 22.5 Å². The number of esters is 1. The highest BCUT2D eigenvalue weighted by Gasteiger charge is 2.16. The number of benzene rings is 1. The minimum Gasteiger partial charge on any atom is -0.452 e. The van der Waals surface area contributed by atoms with Gasteiger partial charge in [-0.15, -0.1) is 0 Å². The molecule has 1 aromatic rings. The van der Waals surface area contributed by atoms with Gasteiger partial charge in [0.25, 0.3) is 5.91 Å². The summed E-state index contributed by atoms with van der Waals surface area (Å²) in [5.74, 6) is -1.83. The Balaban J connectivity index is 2.53. The zero-order chi connectivity index (χ0) is 15.3. The molecule has 110 valence electrons. The Labute approximate surface area is 122 Å². The number of carbonyl (C=O) groups excluding carboxylic acids is 2. The van der Waals surface area contributed by atoms with E-state index in [2.05, 4.69) is 5.32 Å². The molecule has 0 fully saturated rings. The van der Waals surface area contributed by atoms with Gasteiger partial charge in [-0.2, -0.15) is 0 Å². The zero-order valence-electron chi connectivity index (χ0n) is 11.6. The number of rotatable bonds is 5. The van der Waals surface area contributed by atoms with E-state index in [0.717, 1.165) is 6.07 Å². The van der Waals surface area contributed by atoms with Gasteiger partial charge in [-0.25, -0.2) is 9.18 Å². The first-order valence-corrected chi connectivity index (χ1v) is 6.60. The van der Waals surface area contributed by atoms with Gasteiger partial charge in [0.2, 0.25) is 0 Å². The lowest BCUT2D eigenvalue weighted by Crippen LogP contribution is -2.38. The van der Waals surface area contributed by atoms with Crippen molar-refractivity contribution in [3.8, 4) is 0 Å². The summed E-state index contributed by atoms with van der Waals surface area (Å²) in [7, 11) is 0. The fourth-order valence-electron chi connectivity index (χ4n) is 1.33. The molecule has 0 aliphatic heterocycles. The van der Waals surface area contributed by atoms with Gasteiger partial charge >= 0.3 is 5.97 Å². The Morgan fingerprint density at radius 1 is 1.35 bits per heavy atom. The van der Waals surface area contributed by atoms with Crippen molar-refractivity contribution in [3.63, 3.8) is 0 Å². The third-order valence-electron chi connectivity index (χ3n) is 2.87. The Morgan fingerprint density at radius 3 is 2.55 bits per heavy atom. The number of hydrogen-bond donors (Lipinski definition) is 1. The first-order valence-electron chi connectivity index (χ1n) is 6.22. The quantitative estimate of drug-likeness (QED) is 0.851. The van der Waals surface area contributed by atoms with Crippen molar-refractivity contribution in [2.45, 2.75) is 26.8 Å². The molecule has 0 heterocycles. The van der Waals surface area contributed by atoms with Crippen molar-refractivity contribution in [3.05, 3.63) is 34.6 Å². The molecule has 20 heavy (non-hydrogen) atoms. The predicted molar refractivity (Wildman–Crippen MR) is 74.1 cm³/mol. The average molecular weight is 302 g/mol. The summed E-state index contributed by atoms with van der Waals surface area (Å²) in [6.45, 7) is 5.32. The van der Waals surface area contributed by atoms with Crippen LogP contribution in [-0.4, -0.2) is 24.5 Å². The zero-order valence-corrected chi connectivity index (χ0v) is 12.3. The highest BCUT2D eigenvalue weighted by molar-refractivity contribution is 6.30. The van der Waals surface area contributed by atoms with E-state index in [1.165, 1.54) is 12.1 Å². The summed E-state index contributed by atoms with van der Waals surface area (Å²) in [4.78, 5) is 23.1. The summed E-state index contributed by atoms with van der Waals surface area (Å²) < 4.78 is 18.2. The summed E-state index contributed by atoms with van der Waals surface area (Å²) in [6, 6.07) is 3.57. The van der Waals surface area contributed by atoms with Crippen molar-refractivity contribution in [1.82, 2.24) is 5.32 Å². The van der Waals surface area contributed by atoms with E-state index in [9.17, 15) is 14.0 Å².